The second kappa shape index (κ2) is 5.76. The van der Waals surface area contributed by atoms with Crippen molar-refractivity contribution in [3.8, 4) is 12.3 Å². The Bertz CT molecular complexity index is 741. The number of aliphatic hydroxyl groups excluding tert-OH is 1. The molecule has 0 aromatic heterocycles. The van der Waals surface area contributed by atoms with E-state index in [1.807, 2.05) is 7.11 Å². The molecule has 0 bridgehead atoms. The van der Waals surface area contributed by atoms with Crippen molar-refractivity contribution in [3.05, 3.63) is 0 Å². The third-order valence-corrected chi connectivity index (χ3v) is 10.5. The van der Waals surface area contributed by atoms with Crippen LogP contribution in [-0.4, -0.2) is 36.5 Å². The molecule has 5 aliphatic carbocycles. The van der Waals surface area contributed by atoms with Crippen LogP contribution < -0.4 is 0 Å². The fraction of sp³-hybridized carbons (Fsp3) is 0.875. The summed E-state index contributed by atoms with van der Waals surface area (Å²) in [5.74, 6) is 4.86. The van der Waals surface area contributed by atoms with Crippen LogP contribution >= 0.6 is 0 Å². The molecule has 154 valence electrons. The number of fused-ring (bicyclic) bond motifs is 4. The third-order valence-electron chi connectivity index (χ3n) is 10.5. The molecule has 5 saturated carbocycles. The summed E-state index contributed by atoms with van der Waals surface area (Å²) in [4.78, 5) is 11.9. The Labute approximate surface area is 168 Å². The van der Waals surface area contributed by atoms with Crippen LogP contribution in [0.5, 0.6) is 0 Å². The van der Waals surface area contributed by atoms with Crippen LogP contribution in [-0.2, 0) is 14.3 Å². The lowest BCUT2D eigenvalue weighted by Crippen LogP contribution is -2.61. The van der Waals surface area contributed by atoms with E-state index in [1.165, 1.54) is 19.8 Å². The fourth-order valence-corrected chi connectivity index (χ4v) is 9.32. The zero-order valence-corrected chi connectivity index (χ0v) is 17.5. The van der Waals surface area contributed by atoms with E-state index in [-0.39, 0.29) is 34.9 Å². The topological polar surface area (TPSA) is 55.8 Å². The van der Waals surface area contributed by atoms with Crippen LogP contribution in [0.1, 0.15) is 65.2 Å². The monoisotopic (exact) mass is 386 g/mol. The maximum atomic E-state index is 11.9. The van der Waals surface area contributed by atoms with Crippen molar-refractivity contribution >= 4 is 5.97 Å². The lowest BCUT2D eigenvalue weighted by Gasteiger charge is -2.61. The zero-order valence-electron chi connectivity index (χ0n) is 17.5. The molecule has 1 N–H and O–H groups in total. The lowest BCUT2D eigenvalue weighted by molar-refractivity contribution is -0.196. The van der Waals surface area contributed by atoms with Gasteiger partial charge in [0.05, 0.1) is 6.10 Å². The Morgan fingerprint density at radius 2 is 1.96 bits per heavy atom. The molecule has 1 spiro atoms. The van der Waals surface area contributed by atoms with Crippen LogP contribution in [0.15, 0.2) is 0 Å². The largest absolute Gasteiger partial charge is 0.445 e. The van der Waals surface area contributed by atoms with Crippen molar-refractivity contribution < 1.29 is 19.4 Å². The van der Waals surface area contributed by atoms with Gasteiger partial charge in [-0.25, -0.2) is 0 Å². The molecule has 0 saturated heterocycles. The normalized spacial score (nSPS) is 56.0. The molecule has 0 unspecified atom stereocenters. The molecule has 5 rings (SSSR count). The molecule has 28 heavy (non-hydrogen) atoms. The average Bonchev–Trinajstić information content (AvgIpc) is 3.20. The molecular formula is C24H34O4. The van der Waals surface area contributed by atoms with Crippen molar-refractivity contribution in [1.82, 2.24) is 0 Å². The van der Waals surface area contributed by atoms with Gasteiger partial charge in [-0.2, -0.15) is 0 Å². The second-order valence-corrected chi connectivity index (χ2v) is 10.7. The Kier molecular flexibility index (Phi) is 3.90. The summed E-state index contributed by atoms with van der Waals surface area (Å²) < 4.78 is 12.0. The number of aliphatic hydroxyl groups is 1. The number of hydrogen-bond acceptors (Lipinski definition) is 4. The molecule has 0 aromatic rings. The highest BCUT2D eigenvalue weighted by atomic mass is 16.6. The molecule has 4 nitrogen and oxygen atoms in total. The molecule has 5 fully saturated rings. The first-order valence-corrected chi connectivity index (χ1v) is 11.1. The first-order chi connectivity index (χ1) is 13.3. The Hall–Kier alpha value is -1.05. The van der Waals surface area contributed by atoms with Crippen molar-refractivity contribution in [2.75, 3.05) is 13.7 Å². The van der Waals surface area contributed by atoms with E-state index in [9.17, 15) is 9.90 Å². The first kappa shape index (κ1) is 18.9. The first-order valence-electron chi connectivity index (χ1n) is 11.1. The predicted molar refractivity (Wildman–Crippen MR) is 105 cm³/mol. The highest BCUT2D eigenvalue weighted by Crippen LogP contribution is 2.82. The second-order valence-electron chi connectivity index (χ2n) is 10.7. The molecule has 4 heteroatoms. The van der Waals surface area contributed by atoms with Crippen LogP contribution in [0.4, 0.5) is 0 Å². The number of terminal acetylenes is 1. The summed E-state index contributed by atoms with van der Waals surface area (Å²) in [7, 11) is 1.86. The number of hydrogen-bond donors (Lipinski definition) is 1. The van der Waals surface area contributed by atoms with Gasteiger partial charge >= 0.3 is 5.97 Å². The predicted octanol–water partition coefficient (Wildman–Crippen LogP) is 3.56. The summed E-state index contributed by atoms with van der Waals surface area (Å²) in [5.41, 5.74) is -0.736. The lowest BCUT2D eigenvalue weighted by atomic mass is 9.45. The van der Waals surface area contributed by atoms with Gasteiger partial charge in [0.2, 0.25) is 0 Å². The van der Waals surface area contributed by atoms with E-state index < -0.39 is 5.60 Å². The fourth-order valence-electron chi connectivity index (χ4n) is 9.32. The molecule has 0 heterocycles. The molecule has 0 radical (unpaired) electrons. The number of carbonyl (C=O) groups is 1. The van der Waals surface area contributed by atoms with Gasteiger partial charge in [-0.15, -0.1) is 6.42 Å². The third kappa shape index (κ3) is 1.89. The number of methoxy groups -OCH3 is 1. The maximum absolute atomic E-state index is 11.9. The summed E-state index contributed by atoms with van der Waals surface area (Å²) in [6.07, 6.45) is 14.8. The molecule has 0 aliphatic heterocycles. The van der Waals surface area contributed by atoms with E-state index in [0.717, 1.165) is 44.4 Å². The molecule has 0 amide bonds. The molecule has 0 aromatic carbocycles. The van der Waals surface area contributed by atoms with Crippen molar-refractivity contribution in [2.45, 2.75) is 76.9 Å². The standard InChI is InChI=1S/C24H34O4/c1-5-23(28-15(2)26)11-8-18-17-12-20(27-4)24-13-16(24)6-10-22(24,14-25)19(17)7-9-21(18,23)3/h1,16-20,25H,6-14H2,2-4H3/t16-,17+,18+,19+,20-,21+,22+,23+,24+/m1/s1. The van der Waals surface area contributed by atoms with Crippen molar-refractivity contribution in [1.29, 1.82) is 0 Å². The van der Waals surface area contributed by atoms with Gasteiger partial charge in [-0.3, -0.25) is 4.79 Å². The summed E-state index contributed by atoms with van der Waals surface area (Å²) >= 11 is 0. The van der Waals surface area contributed by atoms with Gasteiger partial charge < -0.3 is 14.6 Å². The Morgan fingerprint density at radius 1 is 1.21 bits per heavy atom. The van der Waals surface area contributed by atoms with Crippen LogP contribution in [0.2, 0.25) is 0 Å². The average molecular weight is 387 g/mol. The Morgan fingerprint density at radius 3 is 2.57 bits per heavy atom. The van der Waals surface area contributed by atoms with E-state index >= 15 is 0 Å². The minimum Gasteiger partial charge on any atom is -0.445 e. The van der Waals surface area contributed by atoms with Gasteiger partial charge in [-0.1, -0.05) is 12.8 Å². The molecule has 5 aliphatic rings. The Balaban J connectivity index is 1.55. The summed E-state index contributed by atoms with van der Waals surface area (Å²) in [5, 5.41) is 10.7. The van der Waals surface area contributed by atoms with Gasteiger partial charge in [0.1, 0.15) is 0 Å². The van der Waals surface area contributed by atoms with E-state index in [1.54, 1.807) is 0 Å². The van der Waals surface area contributed by atoms with E-state index in [4.69, 9.17) is 15.9 Å². The molecule has 9 atom stereocenters. The number of carbonyl (C=O) groups excluding carboxylic acids is 1. The van der Waals surface area contributed by atoms with Gasteiger partial charge in [0.25, 0.3) is 0 Å². The summed E-state index contributed by atoms with van der Waals surface area (Å²) in [6, 6.07) is 0. The minimum absolute atomic E-state index is 0.0193. The number of esters is 1. The highest BCUT2D eigenvalue weighted by molar-refractivity contribution is 5.67. The number of rotatable bonds is 3. The van der Waals surface area contributed by atoms with Gasteiger partial charge in [0, 0.05) is 36.9 Å². The van der Waals surface area contributed by atoms with Crippen LogP contribution in [0.3, 0.4) is 0 Å². The summed E-state index contributed by atoms with van der Waals surface area (Å²) in [6.45, 7) is 4.02. The smallest absolute Gasteiger partial charge is 0.304 e. The van der Waals surface area contributed by atoms with Crippen LogP contribution in [0.25, 0.3) is 0 Å². The van der Waals surface area contributed by atoms with Crippen LogP contribution in [0, 0.1) is 52.3 Å². The van der Waals surface area contributed by atoms with E-state index in [0.29, 0.717) is 17.8 Å². The quantitative estimate of drug-likeness (QED) is 0.595. The van der Waals surface area contributed by atoms with Gasteiger partial charge in [0.15, 0.2) is 5.60 Å². The van der Waals surface area contributed by atoms with Crippen molar-refractivity contribution in [3.63, 3.8) is 0 Å². The van der Waals surface area contributed by atoms with E-state index in [2.05, 4.69) is 12.8 Å². The van der Waals surface area contributed by atoms with Gasteiger partial charge in [-0.05, 0) is 75.0 Å². The van der Waals surface area contributed by atoms with Crippen molar-refractivity contribution in [2.24, 2.45) is 39.9 Å². The maximum Gasteiger partial charge on any atom is 0.304 e. The SMILES string of the molecule is C#C[C@]1(OC(C)=O)CC[C@H]2[C@@H]3C[C@@H](OC)[C@]45C[C@H]4CC[C@]5(CO)[C@H]3CC[C@@]21C. The molecular weight excluding hydrogens is 352 g/mol. The number of ether oxygens (including phenoxy) is 2. The minimum atomic E-state index is -0.781. The highest BCUT2D eigenvalue weighted by Gasteiger charge is 2.79. The zero-order chi connectivity index (χ0) is 19.9.